The first-order chi connectivity index (χ1) is 13.4. The molecule has 1 aliphatic heterocycles. The van der Waals surface area contributed by atoms with Gasteiger partial charge in [0.15, 0.2) is 0 Å². The lowest BCUT2D eigenvalue weighted by Crippen LogP contribution is -2.53. The molecule has 1 heterocycles. The number of ether oxygens (including phenoxy) is 1. The number of benzene rings is 3. The van der Waals surface area contributed by atoms with Crippen molar-refractivity contribution in [1.82, 2.24) is 5.32 Å². The molecule has 5 nitrogen and oxygen atoms in total. The molecule has 5 heteroatoms. The molecule has 3 aromatic rings. The van der Waals surface area contributed by atoms with Crippen LogP contribution in [0.2, 0.25) is 0 Å². The van der Waals surface area contributed by atoms with Crippen LogP contribution in [0.3, 0.4) is 0 Å². The van der Waals surface area contributed by atoms with Gasteiger partial charge in [-0.25, -0.2) is 0 Å². The fourth-order valence-electron chi connectivity index (χ4n) is 3.67. The smallest absolute Gasteiger partial charge is 0.252 e. The van der Waals surface area contributed by atoms with Crippen molar-refractivity contribution in [3.05, 3.63) is 77.4 Å². The van der Waals surface area contributed by atoms with Crippen LogP contribution in [0.5, 0.6) is 5.75 Å². The Hall–Kier alpha value is -3.36. The average Bonchev–Trinajstić information content (AvgIpc) is 2.70. The number of hydrogen-bond acceptors (Lipinski definition) is 4. The largest absolute Gasteiger partial charge is 0.485 e. The minimum absolute atomic E-state index is 0.285. The van der Waals surface area contributed by atoms with E-state index in [1.54, 1.807) is 38.1 Å². The van der Waals surface area contributed by atoms with E-state index in [0.717, 1.165) is 10.8 Å². The monoisotopic (exact) mass is 372 g/mol. The zero-order valence-electron chi connectivity index (χ0n) is 15.6. The van der Waals surface area contributed by atoms with Gasteiger partial charge in [0.2, 0.25) is 0 Å². The number of aliphatic hydroxyl groups is 1. The molecule has 140 valence electrons. The summed E-state index contributed by atoms with van der Waals surface area (Å²) in [4.78, 5) is 13.1. The molecule has 1 aliphatic rings. The summed E-state index contributed by atoms with van der Waals surface area (Å²) in [5, 5.41) is 24.9. The van der Waals surface area contributed by atoms with Crippen LogP contribution in [0.15, 0.2) is 60.7 Å². The summed E-state index contributed by atoms with van der Waals surface area (Å²) in [6.07, 6.45) is -0.979. The van der Waals surface area contributed by atoms with Crippen LogP contribution >= 0.6 is 0 Å². The third kappa shape index (κ3) is 2.98. The van der Waals surface area contributed by atoms with Gasteiger partial charge >= 0.3 is 0 Å². The molecule has 0 aromatic heterocycles. The molecular weight excluding hydrogens is 352 g/mol. The molecule has 0 saturated carbocycles. The Morgan fingerprint density at radius 1 is 1.14 bits per heavy atom. The van der Waals surface area contributed by atoms with Crippen LogP contribution in [0, 0.1) is 11.3 Å². The van der Waals surface area contributed by atoms with Crippen molar-refractivity contribution < 1.29 is 14.6 Å². The molecule has 2 N–H and O–H groups in total. The third-order valence-electron chi connectivity index (χ3n) is 5.20. The second-order valence-electron chi connectivity index (χ2n) is 7.49. The quantitative estimate of drug-likeness (QED) is 0.718. The first-order valence-corrected chi connectivity index (χ1v) is 9.10. The van der Waals surface area contributed by atoms with E-state index in [9.17, 15) is 15.2 Å². The minimum atomic E-state index is -0.979. The zero-order chi connectivity index (χ0) is 19.9. The van der Waals surface area contributed by atoms with E-state index in [2.05, 4.69) is 11.4 Å². The molecule has 0 radical (unpaired) electrons. The van der Waals surface area contributed by atoms with Gasteiger partial charge in [0.1, 0.15) is 17.5 Å². The average molecular weight is 372 g/mol. The Kier molecular flexibility index (Phi) is 4.29. The maximum atomic E-state index is 13.1. The molecule has 0 spiro atoms. The number of amides is 1. The van der Waals surface area contributed by atoms with Gasteiger partial charge in [-0.3, -0.25) is 4.79 Å². The molecule has 4 rings (SSSR count). The van der Waals surface area contributed by atoms with Crippen LogP contribution in [0.1, 0.15) is 41.4 Å². The normalized spacial score (nSPS) is 19.9. The molecular formula is C23H20N2O3. The van der Waals surface area contributed by atoms with Gasteiger partial charge < -0.3 is 15.2 Å². The fourth-order valence-corrected chi connectivity index (χ4v) is 3.67. The van der Waals surface area contributed by atoms with Crippen molar-refractivity contribution in [2.24, 2.45) is 0 Å². The summed E-state index contributed by atoms with van der Waals surface area (Å²) < 4.78 is 5.91. The van der Waals surface area contributed by atoms with E-state index < -0.39 is 17.7 Å². The van der Waals surface area contributed by atoms with E-state index >= 15 is 0 Å². The molecule has 28 heavy (non-hydrogen) atoms. The highest BCUT2D eigenvalue weighted by Gasteiger charge is 2.43. The lowest BCUT2D eigenvalue weighted by atomic mass is 9.85. The summed E-state index contributed by atoms with van der Waals surface area (Å²) in [6.45, 7) is 3.55. The number of nitrogens with zero attached hydrogens (tertiary/aromatic N) is 1. The van der Waals surface area contributed by atoms with Crippen molar-refractivity contribution in [2.45, 2.75) is 31.6 Å². The molecule has 3 aromatic carbocycles. The number of rotatable bonds is 2. The van der Waals surface area contributed by atoms with Gasteiger partial charge in [-0.05, 0) is 48.9 Å². The molecule has 0 aliphatic carbocycles. The number of fused-ring (bicyclic) bond motifs is 2. The molecule has 2 unspecified atom stereocenters. The van der Waals surface area contributed by atoms with E-state index in [4.69, 9.17) is 4.74 Å². The Balaban J connectivity index is 1.76. The first-order valence-electron chi connectivity index (χ1n) is 9.10. The van der Waals surface area contributed by atoms with Crippen LogP contribution in [-0.2, 0) is 0 Å². The van der Waals surface area contributed by atoms with Crippen LogP contribution in [0.25, 0.3) is 10.8 Å². The number of hydrogen-bond donors (Lipinski definition) is 2. The van der Waals surface area contributed by atoms with Crippen molar-refractivity contribution >= 4 is 16.7 Å². The highest BCUT2D eigenvalue weighted by Crippen LogP contribution is 2.40. The highest BCUT2D eigenvalue weighted by atomic mass is 16.5. The Morgan fingerprint density at radius 2 is 1.89 bits per heavy atom. The van der Waals surface area contributed by atoms with Gasteiger partial charge in [0.25, 0.3) is 5.91 Å². The number of nitriles is 1. The topological polar surface area (TPSA) is 82.3 Å². The number of nitrogens with one attached hydrogen (secondary N) is 1. The van der Waals surface area contributed by atoms with Crippen LogP contribution in [0.4, 0.5) is 0 Å². The van der Waals surface area contributed by atoms with E-state index in [-0.39, 0.29) is 5.91 Å². The molecule has 2 atom stereocenters. The van der Waals surface area contributed by atoms with E-state index in [0.29, 0.717) is 22.4 Å². The summed E-state index contributed by atoms with van der Waals surface area (Å²) >= 11 is 0. The fraction of sp³-hybridized carbons (Fsp3) is 0.217. The van der Waals surface area contributed by atoms with E-state index in [1.807, 2.05) is 36.4 Å². The number of carbonyl (C=O) groups excluding carboxylic acids is 1. The molecule has 0 bridgehead atoms. The van der Waals surface area contributed by atoms with Crippen molar-refractivity contribution in [1.29, 1.82) is 5.26 Å². The second-order valence-corrected chi connectivity index (χ2v) is 7.49. The van der Waals surface area contributed by atoms with Crippen LogP contribution < -0.4 is 10.1 Å². The van der Waals surface area contributed by atoms with Gasteiger partial charge in [0.05, 0.1) is 17.7 Å². The maximum Gasteiger partial charge on any atom is 0.252 e. The molecule has 0 fully saturated rings. The number of aliphatic hydroxyl groups excluding tert-OH is 1. The Bertz CT molecular complexity index is 1110. The standard InChI is InChI=1S/C23H20N2O3/c1-23(2)21(26)20(18-12-14(13-24)10-11-19(18)28-23)25-22(27)17-9-5-7-15-6-3-4-8-16(15)17/h3-12,20-21,26H,1-2H3,(H,25,27). The Labute approximate surface area is 163 Å². The van der Waals surface area contributed by atoms with Crippen molar-refractivity contribution in [3.8, 4) is 11.8 Å². The molecule has 1 amide bonds. The Morgan fingerprint density at radius 3 is 2.68 bits per heavy atom. The van der Waals surface area contributed by atoms with Crippen molar-refractivity contribution in [2.75, 3.05) is 0 Å². The lowest BCUT2D eigenvalue weighted by molar-refractivity contribution is -0.0627. The minimum Gasteiger partial charge on any atom is -0.485 e. The second kappa shape index (κ2) is 6.66. The van der Waals surface area contributed by atoms with Crippen LogP contribution in [-0.4, -0.2) is 22.7 Å². The summed E-state index contributed by atoms with van der Waals surface area (Å²) in [5.41, 5.74) is 0.684. The first kappa shape index (κ1) is 18.0. The number of carbonyl (C=O) groups is 1. The third-order valence-corrected chi connectivity index (χ3v) is 5.20. The SMILES string of the molecule is CC1(C)Oc2ccc(C#N)cc2C(NC(=O)c2cccc3ccccc23)C1O. The summed E-state index contributed by atoms with van der Waals surface area (Å²) in [7, 11) is 0. The lowest BCUT2D eigenvalue weighted by Gasteiger charge is -2.42. The van der Waals surface area contributed by atoms with E-state index in [1.165, 1.54) is 0 Å². The maximum absolute atomic E-state index is 13.1. The zero-order valence-corrected chi connectivity index (χ0v) is 15.6. The summed E-state index contributed by atoms with van der Waals surface area (Å²) in [6, 6.07) is 19.6. The van der Waals surface area contributed by atoms with Gasteiger partial charge in [-0.15, -0.1) is 0 Å². The predicted molar refractivity (Wildman–Crippen MR) is 106 cm³/mol. The van der Waals surface area contributed by atoms with Gasteiger partial charge in [-0.1, -0.05) is 36.4 Å². The van der Waals surface area contributed by atoms with Crippen molar-refractivity contribution in [3.63, 3.8) is 0 Å². The van der Waals surface area contributed by atoms with Gasteiger partial charge in [0, 0.05) is 11.1 Å². The predicted octanol–water partition coefficient (Wildman–Crippen LogP) is 3.71. The summed E-state index contributed by atoms with van der Waals surface area (Å²) in [5.74, 6) is 0.268. The van der Waals surface area contributed by atoms with Gasteiger partial charge in [-0.2, -0.15) is 5.26 Å². The highest BCUT2D eigenvalue weighted by molar-refractivity contribution is 6.07. The molecule has 0 saturated heterocycles.